The lowest BCUT2D eigenvalue weighted by molar-refractivity contribution is -0.136. The van der Waals surface area contributed by atoms with E-state index in [1.54, 1.807) is 4.90 Å². The minimum Gasteiger partial charge on any atom is -0.356 e. The molecule has 0 bridgehead atoms. The topological polar surface area (TPSA) is 105 Å². The molecule has 1 rings (SSSR count). The second-order valence-electron chi connectivity index (χ2n) is 5.30. The average Bonchev–Trinajstić information content (AvgIpc) is 2.52. The van der Waals surface area contributed by atoms with Crippen molar-refractivity contribution in [3.05, 3.63) is 0 Å². The molecule has 0 aromatic carbocycles. The third-order valence-corrected chi connectivity index (χ3v) is 3.60. The van der Waals surface area contributed by atoms with Crippen LogP contribution in [0.1, 0.15) is 32.6 Å². The zero-order valence-electron chi connectivity index (χ0n) is 13.1. The first-order valence-corrected chi connectivity index (χ1v) is 7.60. The SMILES string of the molecule is CCCCNC(=O)C1CCCN(C(=O)CNC(=O)CN)C1.Cl. The van der Waals surface area contributed by atoms with Gasteiger partial charge >= 0.3 is 0 Å². The quantitative estimate of drug-likeness (QED) is 0.553. The number of amides is 3. The molecule has 128 valence electrons. The molecule has 8 heteroatoms. The second-order valence-corrected chi connectivity index (χ2v) is 5.30. The van der Waals surface area contributed by atoms with Crippen molar-refractivity contribution < 1.29 is 14.4 Å². The third-order valence-electron chi connectivity index (χ3n) is 3.60. The van der Waals surface area contributed by atoms with Gasteiger partial charge in [0.05, 0.1) is 19.0 Å². The number of nitrogens with zero attached hydrogens (tertiary/aromatic N) is 1. The Labute approximate surface area is 137 Å². The van der Waals surface area contributed by atoms with Gasteiger partial charge in [0, 0.05) is 19.6 Å². The molecule has 0 aromatic rings. The van der Waals surface area contributed by atoms with Crippen LogP contribution in [0.2, 0.25) is 0 Å². The van der Waals surface area contributed by atoms with Crippen LogP contribution in [0.3, 0.4) is 0 Å². The van der Waals surface area contributed by atoms with Gasteiger partial charge in [-0.3, -0.25) is 14.4 Å². The fourth-order valence-corrected chi connectivity index (χ4v) is 2.31. The molecular formula is C14H27ClN4O3. The molecular weight excluding hydrogens is 308 g/mol. The fourth-order valence-electron chi connectivity index (χ4n) is 2.31. The fraction of sp³-hybridized carbons (Fsp3) is 0.786. The molecule has 1 unspecified atom stereocenters. The molecule has 0 spiro atoms. The predicted octanol–water partition coefficient (Wildman–Crippen LogP) is -0.362. The molecule has 0 aromatic heterocycles. The molecule has 7 nitrogen and oxygen atoms in total. The Kier molecular flexibility index (Phi) is 10.6. The standard InChI is InChI=1S/C14H26N4O3.ClH/c1-2-3-6-16-14(21)11-5-4-7-18(10-11)13(20)9-17-12(19)8-15;/h11H,2-10,15H2,1H3,(H,16,21)(H,17,19);1H. The first-order chi connectivity index (χ1) is 10.1. The number of nitrogens with two attached hydrogens (primary N) is 1. The number of hydrogen-bond acceptors (Lipinski definition) is 4. The van der Waals surface area contributed by atoms with Crippen LogP contribution >= 0.6 is 12.4 Å². The summed E-state index contributed by atoms with van der Waals surface area (Å²) in [5.41, 5.74) is 5.17. The highest BCUT2D eigenvalue weighted by Gasteiger charge is 2.28. The number of carbonyl (C=O) groups is 3. The Morgan fingerprint density at radius 3 is 2.64 bits per heavy atom. The summed E-state index contributed by atoms with van der Waals surface area (Å²) in [6.07, 6.45) is 3.61. The van der Waals surface area contributed by atoms with Gasteiger partial charge in [-0.2, -0.15) is 0 Å². The first-order valence-electron chi connectivity index (χ1n) is 7.60. The summed E-state index contributed by atoms with van der Waals surface area (Å²) >= 11 is 0. The highest BCUT2D eigenvalue weighted by Crippen LogP contribution is 2.16. The molecule has 1 fully saturated rings. The third kappa shape index (κ3) is 7.09. The van der Waals surface area contributed by atoms with Crippen LogP contribution in [-0.4, -0.2) is 55.3 Å². The van der Waals surface area contributed by atoms with Gasteiger partial charge in [-0.25, -0.2) is 0 Å². The lowest BCUT2D eigenvalue weighted by Gasteiger charge is -2.32. The van der Waals surface area contributed by atoms with Gasteiger partial charge < -0.3 is 21.3 Å². The molecule has 1 aliphatic heterocycles. The molecule has 1 saturated heterocycles. The number of likely N-dealkylation sites (tertiary alicyclic amines) is 1. The number of piperidine rings is 1. The Balaban J connectivity index is 0.00000441. The van der Waals surface area contributed by atoms with Crippen molar-refractivity contribution >= 4 is 30.1 Å². The van der Waals surface area contributed by atoms with Crippen LogP contribution in [0.15, 0.2) is 0 Å². The van der Waals surface area contributed by atoms with E-state index < -0.39 is 0 Å². The maximum Gasteiger partial charge on any atom is 0.241 e. The minimum atomic E-state index is -0.353. The Morgan fingerprint density at radius 1 is 1.27 bits per heavy atom. The smallest absolute Gasteiger partial charge is 0.241 e. The summed E-state index contributed by atoms with van der Waals surface area (Å²) in [6, 6.07) is 0. The molecule has 0 saturated carbocycles. The Hall–Kier alpha value is -1.34. The molecule has 1 atom stereocenters. The highest BCUT2D eigenvalue weighted by molar-refractivity contribution is 5.86. The maximum atomic E-state index is 12.0. The van der Waals surface area contributed by atoms with E-state index >= 15 is 0 Å². The molecule has 0 radical (unpaired) electrons. The number of rotatable bonds is 7. The van der Waals surface area contributed by atoms with Crippen LogP contribution in [0.4, 0.5) is 0 Å². The molecule has 0 aliphatic carbocycles. The number of nitrogens with one attached hydrogen (secondary N) is 2. The van der Waals surface area contributed by atoms with Crippen LogP contribution in [0, 0.1) is 5.92 Å². The van der Waals surface area contributed by atoms with Crippen molar-refractivity contribution in [1.82, 2.24) is 15.5 Å². The van der Waals surface area contributed by atoms with Crippen molar-refractivity contribution in [2.75, 3.05) is 32.7 Å². The van der Waals surface area contributed by atoms with Gasteiger partial charge in [-0.15, -0.1) is 12.4 Å². The summed E-state index contributed by atoms with van der Waals surface area (Å²) in [4.78, 5) is 36.7. The van der Waals surface area contributed by atoms with Crippen LogP contribution in [0.5, 0.6) is 0 Å². The first kappa shape index (κ1) is 20.7. The Bertz CT molecular complexity index is 379. The van der Waals surface area contributed by atoms with E-state index in [-0.39, 0.29) is 49.1 Å². The predicted molar refractivity (Wildman–Crippen MR) is 86.5 cm³/mol. The van der Waals surface area contributed by atoms with E-state index in [0.29, 0.717) is 19.6 Å². The van der Waals surface area contributed by atoms with Gasteiger partial charge in [-0.05, 0) is 19.3 Å². The molecule has 4 N–H and O–H groups in total. The zero-order valence-corrected chi connectivity index (χ0v) is 13.9. The molecule has 1 aliphatic rings. The van der Waals surface area contributed by atoms with Gasteiger partial charge in [0.15, 0.2) is 0 Å². The summed E-state index contributed by atoms with van der Waals surface area (Å²) in [6.45, 7) is 3.64. The van der Waals surface area contributed by atoms with E-state index in [4.69, 9.17) is 5.73 Å². The van der Waals surface area contributed by atoms with Crippen LogP contribution in [0.25, 0.3) is 0 Å². The summed E-state index contributed by atoms with van der Waals surface area (Å²) in [5, 5.41) is 5.37. The lowest BCUT2D eigenvalue weighted by atomic mass is 9.97. The number of hydrogen-bond donors (Lipinski definition) is 3. The van der Waals surface area contributed by atoms with Gasteiger partial charge in [0.25, 0.3) is 0 Å². The van der Waals surface area contributed by atoms with Gasteiger partial charge in [0.2, 0.25) is 17.7 Å². The average molecular weight is 335 g/mol. The molecule has 1 heterocycles. The summed E-state index contributed by atoms with van der Waals surface area (Å²) in [7, 11) is 0. The maximum absolute atomic E-state index is 12.0. The summed E-state index contributed by atoms with van der Waals surface area (Å²) < 4.78 is 0. The highest BCUT2D eigenvalue weighted by atomic mass is 35.5. The monoisotopic (exact) mass is 334 g/mol. The largest absolute Gasteiger partial charge is 0.356 e. The summed E-state index contributed by atoms with van der Waals surface area (Å²) in [5.74, 6) is -0.645. The van der Waals surface area contributed by atoms with Crippen molar-refractivity contribution in [2.24, 2.45) is 11.7 Å². The van der Waals surface area contributed by atoms with E-state index in [1.165, 1.54) is 0 Å². The minimum absolute atomic E-state index is 0. The van der Waals surface area contributed by atoms with Crippen molar-refractivity contribution in [2.45, 2.75) is 32.6 Å². The molecule has 22 heavy (non-hydrogen) atoms. The second kappa shape index (κ2) is 11.3. The van der Waals surface area contributed by atoms with Gasteiger partial charge in [0.1, 0.15) is 0 Å². The normalized spacial score (nSPS) is 17.4. The Morgan fingerprint density at radius 2 is 2.00 bits per heavy atom. The van der Waals surface area contributed by atoms with Crippen LogP contribution in [-0.2, 0) is 14.4 Å². The van der Waals surface area contributed by atoms with Crippen molar-refractivity contribution in [1.29, 1.82) is 0 Å². The molecule has 3 amide bonds. The lowest BCUT2D eigenvalue weighted by Crippen LogP contribution is -2.48. The van der Waals surface area contributed by atoms with E-state index in [9.17, 15) is 14.4 Å². The van der Waals surface area contributed by atoms with Gasteiger partial charge in [-0.1, -0.05) is 13.3 Å². The van der Waals surface area contributed by atoms with E-state index in [1.807, 2.05) is 0 Å². The van der Waals surface area contributed by atoms with E-state index in [0.717, 1.165) is 25.7 Å². The zero-order chi connectivity index (χ0) is 15.7. The van der Waals surface area contributed by atoms with E-state index in [2.05, 4.69) is 17.6 Å². The number of unbranched alkanes of at least 4 members (excludes halogenated alkanes) is 1. The number of carbonyl (C=O) groups excluding carboxylic acids is 3. The van der Waals surface area contributed by atoms with Crippen molar-refractivity contribution in [3.8, 4) is 0 Å². The van der Waals surface area contributed by atoms with Crippen LogP contribution < -0.4 is 16.4 Å². The number of halogens is 1. The van der Waals surface area contributed by atoms with Crippen molar-refractivity contribution in [3.63, 3.8) is 0 Å².